The molecule has 1 unspecified atom stereocenters. The van der Waals surface area contributed by atoms with E-state index in [9.17, 15) is 0 Å². The minimum Gasteiger partial charge on any atom is -0.493 e. The third-order valence-corrected chi connectivity index (χ3v) is 4.68. The van der Waals surface area contributed by atoms with E-state index in [0.29, 0.717) is 13.1 Å². The van der Waals surface area contributed by atoms with Crippen molar-refractivity contribution in [2.24, 2.45) is 4.99 Å². The Morgan fingerprint density at radius 3 is 2.57 bits per heavy atom. The molecule has 0 amide bonds. The van der Waals surface area contributed by atoms with Crippen LogP contribution in [0.15, 0.2) is 34.6 Å². The Morgan fingerprint density at radius 2 is 1.96 bits per heavy atom. The summed E-state index contributed by atoms with van der Waals surface area (Å²) in [7, 11) is 5.61. The van der Waals surface area contributed by atoms with E-state index in [0.717, 1.165) is 34.8 Å². The molecule has 1 heterocycles. The third kappa shape index (κ3) is 7.70. The van der Waals surface area contributed by atoms with Gasteiger partial charge in [0, 0.05) is 26.0 Å². The van der Waals surface area contributed by atoms with Crippen molar-refractivity contribution < 1.29 is 9.47 Å². The van der Waals surface area contributed by atoms with E-state index >= 15 is 0 Å². The van der Waals surface area contributed by atoms with Crippen LogP contribution in [0.1, 0.15) is 19.5 Å². The molecule has 28 heavy (non-hydrogen) atoms. The normalized spacial score (nSPS) is 12.0. The van der Waals surface area contributed by atoms with Crippen molar-refractivity contribution in [3.8, 4) is 11.5 Å². The molecule has 0 bridgehead atoms. The predicted molar refractivity (Wildman–Crippen MR) is 128 cm³/mol. The summed E-state index contributed by atoms with van der Waals surface area (Å²) < 4.78 is 11.3. The second kappa shape index (κ2) is 12.7. The number of benzene rings is 1. The molecule has 7 nitrogen and oxygen atoms in total. The highest BCUT2D eigenvalue weighted by Gasteiger charge is 2.10. The number of nitrogens with zero attached hydrogens (tertiary/aromatic N) is 3. The van der Waals surface area contributed by atoms with Gasteiger partial charge in [-0.2, -0.15) is 0 Å². The van der Waals surface area contributed by atoms with Crippen LogP contribution in [0.4, 0.5) is 5.13 Å². The Bertz CT molecular complexity index is 739. The Labute approximate surface area is 188 Å². The highest BCUT2D eigenvalue weighted by atomic mass is 127. The van der Waals surface area contributed by atoms with E-state index in [1.54, 1.807) is 18.4 Å². The molecule has 0 aliphatic rings. The number of hydrogen-bond acceptors (Lipinski definition) is 6. The average molecular weight is 519 g/mol. The molecule has 0 aliphatic heterocycles. The molecule has 156 valence electrons. The van der Waals surface area contributed by atoms with E-state index in [4.69, 9.17) is 9.47 Å². The van der Waals surface area contributed by atoms with Gasteiger partial charge in [-0.1, -0.05) is 12.1 Å². The summed E-state index contributed by atoms with van der Waals surface area (Å²) in [5.74, 6) is 2.20. The summed E-state index contributed by atoms with van der Waals surface area (Å²) in [4.78, 5) is 11.2. The number of para-hydroxylation sites is 2. The molecule has 2 N–H and O–H groups in total. The lowest BCUT2D eigenvalue weighted by Gasteiger charge is -2.19. The van der Waals surface area contributed by atoms with E-state index in [1.165, 1.54) is 0 Å². The van der Waals surface area contributed by atoms with Crippen LogP contribution in [-0.4, -0.2) is 51.3 Å². The number of aliphatic imine (C=N–C) groups is 1. The lowest BCUT2D eigenvalue weighted by Crippen LogP contribution is -2.41. The maximum absolute atomic E-state index is 5.97. The quantitative estimate of drug-likeness (QED) is 0.301. The van der Waals surface area contributed by atoms with Crippen LogP contribution in [0, 0.1) is 0 Å². The highest BCUT2D eigenvalue weighted by molar-refractivity contribution is 14.0. The molecule has 1 aromatic carbocycles. The minimum atomic E-state index is -0.0511. The zero-order chi connectivity index (χ0) is 19.6. The van der Waals surface area contributed by atoms with Crippen LogP contribution in [-0.2, 0) is 6.54 Å². The maximum atomic E-state index is 5.97. The Hall–Kier alpha value is -1.75. The van der Waals surface area contributed by atoms with Gasteiger partial charge in [0.1, 0.15) is 6.10 Å². The van der Waals surface area contributed by atoms with Crippen LogP contribution in [0.3, 0.4) is 0 Å². The van der Waals surface area contributed by atoms with Gasteiger partial charge in [0.15, 0.2) is 22.6 Å². The number of hydrogen-bond donors (Lipinski definition) is 2. The molecule has 0 fully saturated rings. The lowest BCUT2D eigenvalue weighted by atomic mass is 10.3. The Kier molecular flexibility index (Phi) is 11.0. The van der Waals surface area contributed by atoms with Gasteiger partial charge in [0.2, 0.25) is 0 Å². The topological polar surface area (TPSA) is 71.0 Å². The van der Waals surface area contributed by atoms with Crippen LogP contribution in [0.5, 0.6) is 11.5 Å². The summed E-state index contributed by atoms with van der Waals surface area (Å²) in [5, 5.41) is 9.59. The van der Waals surface area contributed by atoms with Crippen molar-refractivity contribution in [3.05, 3.63) is 35.3 Å². The van der Waals surface area contributed by atoms with Gasteiger partial charge in [-0.15, -0.1) is 35.3 Å². The molecule has 1 aromatic heterocycles. The number of nitrogens with one attached hydrogen (secondary N) is 2. The highest BCUT2D eigenvalue weighted by Crippen LogP contribution is 2.26. The summed E-state index contributed by atoms with van der Waals surface area (Å²) >= 11 is 1.62. The zero-order valence-corrected chi connectivity index (χ0v) is 20.2. The fraction of sp³-hybridized carbons (Fsp3) is 0.474. The second-order valence-corrected chi connectivity index (χ2v) is 7.01. The van der Waals surface area contributed by atoms with Gasteiger partial charge in [-0.05, 0) is 26.0 Å². The van der Waals surface area contributed by atoms with Gasteiger partial charge < -0.3 is 25.0 Å². The van der Waals surface area contributed by atoms with Crippen LogP contribution in [0.2, 0.25) is 0 Å². The van der Waals surface area contributed by atoms with E-state index < -0.39 is 0 Å². The first-order chi connectivity index (χ1) is 13.0. The molecular formula is C19H30IN5O2S. The number of rotatable bonds is 9. The van der Waals surface area contributed by atoms with Crippen molar-refractivity contribution >= 4 is 46.4 Å². The first-order valence-corrected chi connectivity index (χ1v) is 9.85. The third-order valence-electron chi connectivity index (χ3n) is 3.62. The monoisotopic (exact) mass is 519 g/mol. The Balaban J connectivity index is 0.00000392. The van der Waals surface area contributed by atoms with Crippen molar-refractivity contribution in [2.45, 2.75) is 26.5 Å². The number of guanidine groups is 1. The van der Waals surface area contributed by atoms with Gasteiger partial charge in [0.25, 0.3) is 0 Å². The summed E-state index contributed by atoms with van der Waals surface area (Å²) in [5.41, 5.74) is 0.958. The molecule has 9 heteroatoms. The number of anilines is 1. The molecule has 0 aliphatic carbocycles. The summed E-state index contributed by atoms with van der Waals surface area (Å²) in [6.07, 6.45) is -0.0511. The number of ether oxygens (including phenoxy) is 2. The molecule has 0 saturated carbocycles. The zero-order valence-electron chi connectivity index (χ0n) is 17.1. The largest absolute Gasteiger partial charge is 0.493 e. The van der Waals surface area contributed by atoms with Gasteiger partial charge in [0.05, 0.1) is 25.9 Å². The van der Waals surface area contributed by atoms with E-state index in [-0.39, 0.29) is 30.1 Å². The number of halogens is 1. The molecule has 2 rings (SSSR count). The van der Waals surface area contributed by atoms with Crippen molar-refractivity contribution in [1.82, 2.24) is 15.6 Å². The predicted octanol–water partition coefficient (Wildman–Crippen LogP) is 3.36. The summed E-state index contributed by atoms with van der Waals surface area (Å²) in [6.45, 7) is 5.98. The van der Waals surface area contributed by atoms with Gasteiger partial charge in [-0.3, -0.25) is 0 Å². The number of methoxy groups -OCH3 is 1. The number of aromatic nitrogens is 1. The smallest absolute Gasteiger partial charge is 0.191 e. The average Bonchev–Trinajstić information content (AvgIpc) is 3.14. The Morgan fingerprint density at radius 1 is 1.25 bits per heavy atom. The molecule has 0 saturated heterocycles. The van der Waals surface area contributed by atoms with Crippen molar-refractivity contribution in [1.29, 1.82) is 0 Å². The number of thiazole rings is 1. The second-order valence-electron chi connectivity index (χ2n) is 6.17. The molecule has 0 radical (unpaired) electrons. The van der Waals surface area contributed by atoms with E-state index in [2.05, 4.69) is 20.6 Å². The minimum absolute atomic E-state index is 0. The fourth-order valence-electron chi connectivity index (χ4n) is 2.29. The maximum Gasteiger partial charge on any atom is 0.191 e. The van der Waals surface area contributed by atoms with Gasteiger partial charge in [-0.25, -0.2) is 9.98 Å². The SMILES string of the molecule is CCNC(=NCc1csc(N(C)C)n1)NCC(C)Oc1ccccc1OC.I. The molecule has 2 aromatic rings. The van der Waals surface area contributed by atoms with Crippen LogP contribution >= 0.6 is 35.3 Å². The summed E-state index contributed by atoms with van der Waals surface area (Å²) in [6, 6.07) is 7.64. The first kappa shape index (κ1) is 24.3. The fourth-order valence-corrected chi connectivity index (χ4v) is 3.04. The molecule has 1 atom stereocenters. The standard InChI is InChI=1S/C19H29N5O2S.HI/c1-6-20-18(22-12-15-13-27-19(23-15)24(3)4)21-11-14(2)26-17-10-8-7-9-16(17)25-5;/h7-10,13-14H,6,11-12H2,1-5H3,(H2,20,21,22);1H. The first-order valence-electron chi connectivity index (χ1n) is 8.97. The van der Waals surface area contributed by atoms with Crippen molar-refractivity contribution in [2.75, 3.05) is 39.2 Å². The molecular weight excluding hydrogens is 489 g/mol. The van der Waals surface area contributed by atoms with Crippen LogP contribution < -0.4 is 25.0 Å². The van der Waals surface area contributed by atoms with Crippen LogP contribution in [0.25, 0.3) is 0 Å². The van der Waals surface area contributed by atoms with E-state index in [1.807, 2.05) is 62.5 Å². The van der Waals surface area contributed by atoms with Gasteiger partial charge >= 0.3 is 0 Å². The lowest BCUT2D eigenvalue weighted by molar-refractivity contribution is 0.213. The molecule has 0 spiro atoms. The van der Waals surface area contributed by atoms with Crippen molar-refractivity contribution in [3.63, 3.8) is 0 Å².